The predicted molar refractivity (Wildman–Crippen MR) is 135 cm³/mol. The molecule has 1 aliphatic carbocycles. The van der Waals surface area contributed by atoms with Gasteiger partial charge in [0.2, 0.25) is 0 Å². The fourth-order valence-corrected chi connectivity index (χ4v) is 5.71. The van der Waals surface area contributed by atoms with Crippen LogP contribution in [0.3, 0.4) is 0 Å². The van der Waals surface area contributed by atoms with Crippen LogP contribution in [0.4, 0.5) is 0 Å². The van der Waals surface area contributed by atoms with Crippen LogP contribution in [0.5, 0.6) is 17.2 Å². The Bertz CT molecular complexity index is 1290. The van der Waals surface area contributed by atoms with E-state index in [9.17, 15) is 50.4 Å². The molecule has 1 saturated heterocycles. The Kier molecular flexibility index (Phi) is 7.94. The first kappa shape index (κ1) is 29.2. The zero-order valence-electron chi connectivity index (χ0n) is 21.9. The fourth-order valence-electron chi connectivity index (χ4n) is 5.71. The number of aliphatic hydroxyl groups excluding tert-OH is 5. The Morgan fingerprint density at radius 1 is 1.10 bits per heavy atom. The topological polar surface area (TPSA) is 214 Å². The number of methoxy groups -OCH3 is 1. The Balaban J connectivity index is 1.91. The molecule has 39 heavy (non-hydrogen) atoms. The molecule has 0 aromatic heterocycles. The molecule has 0 spiro atoms. The third kappa shape index (κ3) is 4.65. The Labute approximate surface area is 223 Å². The van der Waals surface area contributed by atoms with Crippen LogP contribution in [0.1, 0.15) is 53.4 Å². The van der Waals surface area contributed by atoms with Gasteiger partial charge in [-0.3, -0.25) is 9.59 Å². The molecule has 12 nitrogen and oxygen atoms in total. The van der Waals surface area contributed by atoms with Crippen molar-refractivity contribution in [3.05, 3.63) is 28.3 Å². The van der Waals surface area contributed by atoms with Gasteiger partial charge in [-0.15, -0.1) is 0 Å². The third-order valence-corrected chi connectivity index (χ3v) is 7.95. The summed E-state index contributed by atoms with van der Waals surface area (Å²) in [5.74, 6) is -4.63. The van der Waals surface area contributed by atoms with Crippen molar-refractivity contribution in [1.82, 2.24) is 0 Å². The van der Waals surface area contributed by atoms with Gasteiger partial charge in [-0.05, 0) is 44.2 Å². The molecule has 1 aliphatic heterocycles. The van der Waals surface area contributed by atoms with Crippen LogP contribution in [0.2, 0.25) is 0 Å². The summed E-state index contributed by atoms with van der Waals surface area (Å²) in [7, 11) is 1.15. The first-order chi connectivity index (χ1) is 18.2. The number of hydrogen-bond acceptors (Lipinski definition) is 12. The van der Waals surface area contributed by atoms with Gasteiger partial charge >= 0.3 is 0 Å². The van der Waals surface area contributed by atoms with E-state index in [-0.39, 0.29) is 51.6 Å². The van der Waals surface area contributed by atoms with Crippen molar-refractivity contribution >= 4 is 22.3 Å². The number of carbonyl (C=O) groups excluding carboxylic acids is 2. The fraction of sp³-hybridized carbons (Fsp3) is 0.556. The van der Waals surface area contributed by atoms with Crippen molar-refractivity contribution in [3.63, 3.8) is 0 Å². The molecule has 1 heterocycles. The molecule has 12 heteroatoms. The van der Waals surface area contributed by atoms with Crippen LogP contribution in [-0.4, -0.2) is 102 Å². The van der Waals surface area contributed by atoms with E-state index in [0.717, 1.165) is 7.11 Å². The van der Waals surface area contributed by atoms with Crippen LogP contribution in [-0.2, 0) is 20.7 Å². The number of phenolic OH excluding ortho intramolecular Hbond substituents is 3. The number of aromatic hydroxyl groups is 3. The SMILES string of the molecule is COC(C(=O)C(O)C(C)O)C1Cc2cc3c([C@H]4C[C@@H](O)[C@H](O)[C@@H](C)O4)c(O)c(C)c(O)c3c(O)c2C(=O)C1O. The van der Waals surface area contributed by atoms with Crippen molar-refractivity contribution in [2.45, 2.75) is 82.4 Å². The molecular formula is C27H34O12. The minimum absolute atomic E-state index is 0.0246. The van der Waals surface area contributed by atoms with Crippen molar-refractivity contribution in [1.29, 1.82) is 0 Å². The maximum Gasteiger partial charge on any atom is 0.195 e. The van der Waals surface area contributed by atoms with Gasteiger partial charge in [0.15, 0.2) is 11.6 Å². The van der Waals surface area contributed by atoms with E-state index in [2.05, 4.69) is 0 Å². The molecule has 2 aromatic carbocycles. The van der Waals surface area contributed by atoms with E-state index >= 15 is 0 Å². The van der Waals surface area contributed by atoms with Gasteiger partial charge in [0.05, 0.1) is 35.4 Å². The number of aliphatic hydroxyl groups is 5. The second kappa shape index (κ2) is 10.6. The molecule has 0 bridgehead atoms. The summed E-state index contributed by atoms with van der Waals surface area (Å²) in [4.78, 5) is 26.1. The lowest BCUT2D eigenvalue weighted by Gasteiger charge is -2.37. The van der Waals surface area contributed by atoms with Gasteiger partial charge in [-0.1, -0.05) is 0 Å². The number of Topliss-reactive ketones (excluding diaryl/α,β-unsaturated/α-hetero) is 2. The largest absolute Gasteiger partial charge is 0.507 e. The Hall–Kier alpha value is -2.84. The van der Waals surface area contributed by atoms with Crippen molar-refractivity contribution in [3.8, 4) is 17.2 Å². The van der Waals surface area contributed by atoms with Gasteiger partial charge in [0.1, 0.15) is 41.7 Å². The van der Waals surface area contributed by atoms with E-state index in [0.29, 0.717) is 0 Å². The van der Waals surface area contributed by atoms with E-state index in [1.165, 1.54) is 19.9 Å². The first-order valence-electron chi connectivity index (χ1n) is 12.6. The standard InChI is InChI=1S/C27H34O12/c1-8-19(30)17(15-7-14(29)22(33)10(3)39-15)12-5-11-6-13(27(38-4)26(37)21(32)9(2)28)23(34)25(36)16(11)24(35)18(12)20(8)31/h5,9-10,13-15,21-23,27-35H,6-7H2,1-4H3/t9?,10-,13?,14-,15-,21?,22-,23?,27?/m1/s1. The van der Waals surface area contributed by atoms with Crippen LogP contribution in [0, 0.1) is 12.8 Å². The number of hydrogen-bond donors (Lipinski definition) is 8. The average molecular weight is 551 g/mol. The second-order valence-electron chi connectivity index (χ2n) is 10.5. The highest BCUT2D eigenvalue weighted by molar-refractivity contribution is 6.12. The lowest BCUT2D eigenvalue weighted by molar-refractivity contribution is -0.163. The number of ketones is 2. The predicted octanol–water partition coefficient (Wildman–Crippen LogP) is -0.122. The van der Waals surface area contributed by atoms with Gasteiger partial charge in [-0.2, -0.15) is 0 Å². The molecule has 5 unspecified atom stereocenters. The molecule has 214 valence electrons. The normalized spacial score (nSPS) is 29.6. The molecule has 2 aromatic rings. The second-order valence-corrected chi connectivity index (χ2v) is 10.5. The van der Waals surface area contributed by atoms with Gasteiger partial charge < -0.3 is 50.3 Å². The van der Waals surface area contributed by atoms with Gasteiger partial charge in [0.25, 0.3) is 0 Å². The molecule has 0 amide bonds. The molecule has 2 aliphatic rings. The van der Waals surface area contributed by atoms with Crippen molar-refractivity contribution < 1.29 is 59.9 Å². The molecule has 8 N–H and O–H groups in total. The summed E-state index contributed by atoms with van der Waals surface area (Å²) in [6, 6.07) is 1.42. The zero-order valence-corrected chi connectivity index (χ0v) is 21.9. The van der Waals surface area contributed by atoms with E-state index in [4.69, 9.17) is 9.47 Å². The molecular weight excluding hydrogens is 516 g/mol. The van der Waals surface area contributed by atoms with Crippen LogP contribution < -0.4 is 0 Å². The number of carbonyl (C=O) groups is 2. The number of rotatable bonds is 6. The third-order valence-electron chi connectivity index (χ3n) is 7.95. The van der Waals surface area contributed by atoms with Crippen LogP contribution in [0.15, 0.2) is 6.07 Å². The zero-order chi connectivity index (χ0) is 29.1. The molecule has 4 rings (SSSR count). The highest BCUT2D eigenvalue weighted by Gasteiger charge is 2.46. The maximum atomic E-state index is 13.3. The quantitative estimate of drug-likeness (QED) is 0.236. The minimum Gasteiger partial charge on any atom is -0.507 e. The van der Waals surface area contributed by atoms with Crippen LogP contribution in [0.25, 0.3) is 10.8 Å². The first-order valence-corrected chi connectivity index (χ1v) is 12.6. The summed E-state index contributed by atoms with van der Waals surface area (Å²) in [5, 5.41) is 84.1. The van der Waals surface area contributed by atoms with Gasteiger partial charge in [-0.25, -0.2) is 0 Å². The minimum atomic E-state index is -1.83. The summed E-state index contributed by atoms with van der Waals surface area (Å²) >= 11 is 0. The molecule has 0 radical (unpaired) electrons. The van der Waals surface area contributed by atoms with Crippen molar-refractivity contribution in [2.24, 2.45) is 5.92 Å². The number of benzene rings is 2. The average Bonchev–Trinajstić information content (AvgIpc) is 2.88. The lowest BCUT2D eigenvalue weighted by Crippen LogP contribution is -2.50. The number of phenols is 3. The highest BCUT2D eigenvalue weighted by atomic mass is 16.5. The lowest BCUT2D eigenvalue weighted by atomic mass is 9.74. The smallest absolute Gasteiger partial charge is 0.195 e. The van der Waals surface area contributed by atoms with Crippen molar-refractivity contribution in [2.75, 3.05) is 7.11 Å². The Morgan fingerprint density at radius 2 is 1.74 bits per heavy atom. The summed E-state index contributed by atoms with van der Waals surface area (Å²) in [5.41, 5.74) is -0.0435. The summed E-state index contributed by atoms with van der Waals surface area (Å²) in [6.45, 7) is 4.13. The summed E-state index contributed by atoms with van der Waals surface area (Å²) in [6.07, 6.45) is -11.0. The molecule has 9 atom stereocenters. The Morgan fingerprint density at radius 3 is 2.31 bits per heavy atom. The molecule has 1 fully saturated rings. The number of ether oxygens (including phenoxy) is 2. The molecule has 0 saturated carbocycles. The maximum absolute atomic E-state index is 13.3. The number of fused-ring (bicyclic) bond motifs is 2. The van der Waals surface area contributed by atoms with Crippen LogP contribution >= 0.6 is 0 Å². The van der Waals surface area contributed by atoms with E-state index in [1.54, 1.807) is 6.92 Å². The summed E-state index contributed by atoms with van der Waals surface area (Å²) < 4.78 is 11.1. The van der Waals surface area contributed by atoms with E-state index in [1.807, 2.05) is 0 Å². The van der Waals surface area contributed by atoms with Gasteiger partial charge in [0, 0.05) is 30.6 Å². The monoisotopic (exact) mass is 550 g/mol. The highest BCUT2D eigenvalue weighted by Crippen LogP contribution is 2.51. The van der Waals surface area contributed by atoms with E-state index < -0.39 is 77.8 Å².